The molecule has 0 spiro atoms. The minimum atomic E-state index is -0.750. The SMILES string of the molecule is CCCCCCCCCCCCCCCC.OBO. The Bertz CT molecular complexity index is 118. The zero-order valence-corrected chi connectivity index (χ0v) is 13.5. The van der Waals surface area contributed by atoms with Crippen molar-refractivity contribution in [2.75, 3.05) is 0 Å². The van der Waals surface area contributed by atoms with Gasteiger partial charge in [-0.15, -0.1) is 0 Å². The lowest BCUT2D eigenvalue weighted by molar-refractivity contribution is 0.448. The van der Waals surface area contributed by atoms with Crippen LogP contribution in [-0.4, -0.2) is 17.7 Å². The van der Waals surface area contributed by atoms with Crippen LogP contribution in [0, 0.1) is 0 Å². The second kappa shape index (κ2) is 23.1. The molecule has 0 fully saturated rings. The molecular formula is C16H37BO2. The molecule has 0 saturated heterocycles. The smallest absolute Gasteiger partial charge is 0.430 e. The van der Waals surface area contributed by atoms with Crippen molar-refractivity contribution < 1.29 is 10.0 Å². The number of rotatable bonds is 13. The molecule has 0 amide bonds. The molecule has 2 N–H and O–H groups in total. The molecule has 0 saturated carbocycles. The summed E-state index contributed by atoms with van der Waals surface area (Å²) < 4.78 is 0. The first kappa shape index (κ1) is 21.3. The summed E-state index contributed by atoms with van der Waals surface area (Å²) in [6.45, 7) is 4.58. The van der Waals surface area contributed by atoms with Crippen molar-refractivity contribution in [1.29, 1.82) is 0 Å². The normalized spacial score (nSPS) is 9.89. The zero-order chi connectivity index (χ0) is 14.6. The maximum absolute atomic E-state index is 7.12. The lowest BCUT2D eigenvalue weighted by atomic mass is 10.0. The molecule has 0 aromatic carbocycles. The number of unbranched alkanes of at least 4 members (excludes halogenated alkanes) is 13. The van der Waals surface area contributed by atoms with E-state index in [1.165, 1.54) is 89.9 Å². The molecule has 2 nitrogen and oxygen atoms in total. The van der Waals surface area contributed by atoms with E-state index < -0.39 is 7.69 Å². The van der Waals surface area contributed by atoms with Gasteiger partial charge in [0.1, 0.15) is 0 Å². The van der Waals surface area contributed by atoms with Gasteiger partial charge in [-0.2, -0.15) is 0 Å². The highest BCUT2D eigenvalue weighted by Gasteiger charge is 1.92. The van der Waals surface area contributed by atoms with Gasteiger partial charge in [0.15, 0.2) is 0 Å². The van der Waals surface area contributed by atoms with Crippen molar-refractivity contribution in [2.45, 2.75) is 104 Å². The Kier molecular flexibility index (Phi) is 25.9. The van der Waals surface area contributed by atoms with E-state index in [1.807, 2.05) is 0 Å². The molecule has 0 aliphatic rings. The Balaban J connectivity index is 0. The third-order valence-electron chi connectivity index (χ3n) is 3.46. The first-order chi connectivity index (χ1) is 9.33. The summed E-state index contributed by atoms with van der Waals surface area (Å²) in [6.07, 6.45) is 20.4. The van der Waals surface area contributed by atoms with Crippen LogP contribution in [-0.2, 0) is 0 Å². The van der Waals surface area contributed by atoms with Crippen molar-refractivity contribution in [1.82, 2.24) is 0 Å². The van der Waals surface area contributed by atoms with Crippen molar-refractivity contribution in [3.05, 3.63) is 0 Å². The van der Waals surface area contributed by atoms with Crippen LogP contribution in [0.4, 0.5) is 0 Å². The van der Waals surface area contributed by atoms with Gasteiger partial charge in [0, 0.05) is 0 Å². The monoisotopic (exact) mass is 272 g/mol. The average Bonchev–Trinajstić information content (AvgIpc) is 2.41. The summed E-state index contributed by atoms with van der Waals surface area (Å²) in [4.78, 5) is 0. The third-order valence-corrected chi connectivity index (χ3v) is 3.46. The van der Waals surface area contributed by atoms with Gasteiger partial charge < -0.3 is 10.0 Å². The average molecular weight is 272 g/mol. The maximum Gasteiger partial charge on any atom is 0.432 e. The lowest BCUT2D eigenvalue weighted by Crippen LogP contribution is -1.82. The fraction of sp³-hybridized carbons (Fsp3) is 1.00. The number of hydrogen-bond donors (Lipinski definition) is 2. The van der Waals surface area contributed by atoms with Crippen LogP contribution in [0.25, 0.3) is 0 Å². The molecule has 0 aromatic heterocycles. The highest BCUT2D eigenvalue weighted by Crippen LogP contribution is 2.12. The maximum atomic E-state index is 7.12. The Hall–Kier alpha value is -0.0151. The van der Waals surface area contributed by atoms with Crippen LogP contribution in [0.2, 0.25) is 0 Å². The van der Waals surface area contributed by atoms with Gasteiger partial charge in [0.05, 0.1) is 0 Å². The van der Waals surface area contributed by atoms with Crippen LogP contribution in [0.15, 0.2) is 0 Å². The van der Waals surface area contributed by atoms with E-state index in [9.17, 15) is 0 Å². The summed E-state index contributed by atoms with van der Waals surface area (Å²) in [5.41, 5.74) is 0. The predicted octanol–water partition coefficient (Wildman–Crippen LogP) is 4.73. The third kappa shape index (κ3) is 27.3. The highest BCUT2D eigenvalue weighted by atomic mass is 16.4. The Morgan fingerprint density at radius 2 is 0.632 bits per heavy atom. The topological polar surface area (TPSA) is 40.5 Å². The van der Waals surface area contributed by atoms with Crippen LogP contribution in [0.3, 0.4) is 0 Å². The molecule has 0 aliphatic heterocycles. The molecule has 116 valence electrons. The van der Waals surface area contributed by atoms with Crippen molar-refractivity contribution in [3.8, 4) is 0 Å². The van der Waals surface area contributed by atoms with Crippen LogP contribution in [0.1, 0.15) is 104 Å². The van der Waals surface area contributed by atoms with E-state index in [4.69, 9.17) is 10.0 Å². The van der Waals surface area contributed by atoms with Gasteiger partial charge in [-0.1, -0.05) is 104 Å². The molecule has 0 heterocycles. The van der Waals surface area contributed by atoms with Gasteiger partial charge in [-0.3, -0.25) is 0 Å². The van der Waals surface area contributed by atoms with E-state index >= 15 is 0 Å². The second-order valence-electron chi connectivity index (χ2n) is 5.38. The summed E-state index contributed by atoms with van der Waals surface area (Å²) in [6, 6.07) is 0. The van der Waals surface area contributed by atoms with E-state index in [0.29, 0.717) is 0 Å². The predicted molar refractivity (Wildman–Crippen MR) is 87.6 cm³/mol. The summed E-state index contributed by atoms with van der Waals surface area (Å²) in [5.74, 6) is 0. The summed E-state index contributed by atoms with van der Waals surface area (Å²) in [5, 5.41) is 14.2. The van der Waals surface area contributed by atoms with E-state index in [2.05, 4.69) is 13.8 Å². The first-order valence-corrected chi connectivity index (χ1v) is 8.55. The lowest BCUT2D eigenvalue weighted by Gasteiger charge is -2.02. The molecule has 0 aliphatic carbocycles. The van der Waals surface area contributed by atoms with Crippen LogP contribution in [0.5, 0.6) is 0 Å². The van der Waals surface area contributed by atoms with Crippen molar-refractivity contribution >= 4 is 7.69 Å². The van der Waals surface area contributed by atoms with Gasteiger partial charge >= 0.3 is 7.69 Å². The van der Waals surface area contributed by atoms with Gasteiger partial charge in [-0.25, -0.2) is 0 Å². The number of hydrogen-bond acceptors (Lipinski definition) is 2. The van der Waals surface area contributed by atoms with Gasteiger partial charge in [0.25, 0.3) is 0 Å². The Morgan fingerprint density at radius 3 is 0.789 bits per heavy atom. The molecule has 0 radical (unpaired) electrons. The highest BCUT2D eigenvalue weighted by molar-refractivity contribution is 6.13. The summed E-state index contributed by atoms with van der Waals surface area (Å²) >= 11 is 0. The Morgan fingerprint density at radius 1 is 0.474 bits per heavy atom. The van der Waals surface area contributed by atoms with Crippen molar-refractivity contribution in [3.63, 3.8) is 0 Å². The standard InChI is InChI=1S/C16H34.BH3O2/c1-3-5-7-9-11-13-15-16-14-12-10-8-6-4-2;2-1-3/h3-16H2,1-2H3;1-3H. The van der Waals surface area contributed by atoms with Gasteiger partial charge in [-0.05, 0) is 0 Å². The van der Waals surface area contributed by atoms with Crippen LogP contribution >= 0.6 is 0 Å². The molecule has 19 heavy (non-hydrogen) atoms. The quantitative estimate of drug-likeness (QED) is 0.376. The van der Waals surface area contributed by atoms with Gasteiger partial charge in [0.2, 0.25) is 0 Å². The molecule has 0 bridgehead atoms. The largest absolute Gasteiger partial charge is 0.432 e. The minimum absolute atomic E-state index is 0.750. The molecular weight excluding hydrogens is 235 g/mol. The van der Waals surface area contributed by atoms with Crippen molar-refractivity contribution in [2.24, 2.45) is 0 Å². The fourth-order valence-electron chi connectivity index (χ4n) is 2.27. The molecule has 0 unspecified atom stereocenters. The molecule has 3 heteroatoms. The molecule has 0 aromatic rings. The fourth-order valence-corrected chi connectivity index (χ4v) is 2.27. The summed E-state index contributed by atoms with van der Waals surface area (Å²) in [7, 11) is -0.750. The van der Waals surface area contributed by atoms with E-state index in [0.717, 1.165) is 0 Å². The Labute approximate surface area is 122 Å². The second-order valence-corrected chi connectivity index (χ2v) is 5.38. The van der Waals surface area contributed by atoms with E-state index in [1.54, 1.807) is 0 Å². The molecule has 0 atom stereocenters. The van der Waals surface area contributed by atoms with Crippen LogP contribution < -0.4 is 0 Å². The first-order valence-electron chi connectivity index (χ1n) is 8.55. The minimum Gasteiger partial charge on any atom is -0.430 e. The zero-order valence-electron chi connectivity index (χ0n) is 13.5. The van der Waals surface area contributed by atoms with E-state index in [-0.39, 0.29) is 0 Å². The molecule has 0 rings (SSSR count).